The molecule has 6 nitrogen and oxygen atoms in total. The van der Waals surface area contributed by atoms with Crippen LogP contribution < -0.4 is 4.74 Å². The molecule has 0 aliphatic carbocycles. The monoisotopic (exact) mass is 581 g/mol. The number of para-hydroxylation sites is 1. The van der Waals surface area contributed by atoms with Crippen molar-refractivity contribution in [3.63, 3.8) is 0 Å². The summed E-state index contributed by atoms with van der Waals surface area (Å²) in [6.07, 6.45) is 12.2. The number of allylic oxidation sites excluding steroid dienone is 5. The number of hydrogen-bond acceptors (Lipinski definition) is 4. The highest BCUT2D eigenvalue weighted by atomic mass is 16.5. The lowest BCUT2D eigenvalue weighted by molar-refractivity contribution is -0.137. The molecule has 6 heteroatoms. The van der Waals surface area contributed by atoms with Gasteiger partial charge in [-0.05, 0) is 86.0 Å². The van der Waals surface area contributed by atoms with Gasteiger partial charge in [0.1, 0.15) is 12.4 Å². The summed E-state index contributed by atoms with van der Waals surface area (Å²) in [6.45, 7) is 8.77. The average Bonchev–Trinajstić information content (AvgIpc) is 3.01. The number of aliphatic carboxylic acids is 1. The maximum atomic E-state index is 11.2. The van der Waals surface area contributed by atoms with E-state index in [4.69, 9.17) is 9.84 Å². The van der Waals surface area contributed by atoms with Gasteiger partial charge in [0.25, 0.3) is 0 Å². The fourth-order valence-corrected chi connectivity index (χ4v) is 4.68. The lowest BCUT2D eigenvalue weighted by Crippen LogP contribution is -2.27. The first-order chi connectivity index (χ1) is 20.8. The lowest BCUT2D eigenvalue weighted by Gasteiger charge is -2.23. The van der Waals surface area contributed by atoms with E-state index in [1.54, 1.807) is 12.1 Å². The van der Waals surface area contributed by atoms with Gasteiger partial charge < -0.3 is 14.9 Å². The van der Waals surface area contributed by atoms with Crippen LogP contribution in [0.2, 0.25) is 0 Å². The number of carbonyl (C=O) groups is 2. The first-order valence-electron chi connectivity index (χ1n) is 14.9. The van der Waals surface area contributed by atoms with Crippen LogP contribution >= 0.6 is 0 Å². The molecule has 0 unspecified atom stereocenters. The first kappa shape index (κ1) is 33.1. The van der Waals surface area contributed by atoms with Crippen LogP contribution in [0.3, 0.4) is 0 Å². The Kier molecular flexibility index (Phi) is 14.0. The van der Waals surface area contributed by atoms with Gasteiger partial charge in [-0.3, -0.25) is 9.69 Å². The van der Waals surface area contributed by atoms with Crippen LogP contribution in [-0.2, 0) is 30.8 Å². The number of rotatable bonds is 19. The zero-order chi connectivity index (χ0) is 30.9. The number of carboxylic acids is 2. The minimum absolute atomic E-state index is 0.155. The molecule has 0 aromatic heterocycles. The molecule has 0 saturated carbocycles. The van der Waals surface area contributed by atoms with Gasteiger partial charge in [0.2, 0.25) is 0 Å². The van der Waals surface area contributed by atoms with Crippen LogP contribution in [0.25, 0.3) is 0 Å². The average molecular weight is 582 g/mol. The maximum absolute atomic E-state index is 11.2. The molecule has 3 aromatic carbocycles. The molecular weight excluding hydrogens is 538 g/mol. The Bertz CT molecular complexity index is 1370. The summed E-state index contributed by atoms with van der Waals surface area (Å²) >= 11 is 0. The minimum atomic E-state index is -0.945. The van der Waals surface area contributed by atoms with E-state index < -0.39 is 11.9 Å². The number of benzene rings is 3. The molecule has 0 heterocycles. The second kappa shape index (κ2) is 18.2. The quantitative estimate of drug-likeness (QED) is 0.111. The van der Waals surface area contributed by atoms with Crippen molar-refractivity contribution in [3.05, 3.63) is 137 Å². The molecule has 0 atom stereocenters. The van der Waals surface area contributed by atoms with Crippen LogP contribution in [0.15, 0.2) is 109 Å². The van der Waals surface area contributed by atoms with Crippen LogP contribution in [0.4, 0.5) is 0 Å². The molecule has 0 aliphatic heterocycles. The van der Waals surface area contributed by atoms with Gasteiger partial charge >= 0.3 is 11.9 Å². The fourth-order valence-electron chi connectivity index (χ4n) is 4.68. The standard InChI is InChI=1S/C37H43NO5/c1-3-4-5-10-29(2)14-15-30-16-18-32(19-17-30)28-43-35-12-7-6-11-33(35)24-26-38(25-9-8-13-36(39)40)27-31-20-22-34(23-21-31)37(41)42/h3-7,10-12,16-23H,2,8-9,13-15,24-28H2,1H3,(H,39,40)(H,41,42)/b4-3-,10-5-. The third-order valence-corrected chi connectivity index (χ3v) is 7.18. The van der Waals surface area contributed by atoms with E-state index in [0.29, 0.717) is 19.6 Å². The van der Waals surface area contributed by atoms with Gasteiger partial charge in [-0.15, -0.1) is 0 Å². The summed E-state index contributed by atoms with van der Waals surface area (Å²) in [5, 5.41) is 18.2. The lowest BCUT2D eigenvalue weighted by atomic mass is 10.0. The van der Waals surface area contributed by atoms with E-state index in [1.807, 2.05) is 55.5 Å². The molecule has 0 aliphatic rings. The van der Waals surface area contributed by atoms with Crippen LogP contribution in [0, 0.1) is 0 Å². The van der Waals surface area contributed by atoms with Crippen molar-refractivity contribution >= 4 is 11.9 Å². The van der Waals surface area contributed by atoms with Crippen molar-refractivity contribution in [2.24, 2.45) is 0 Å². The van der Waals surface area contributed by atoms with E-state index in [0.717, 1.165) is 66.8 Å². The Hall–Kier alpha value is -4.42. The van der Waals surface area contributed by atoms with Gasteiger partial charge in [0.05, 0.1) is 5.56 Å². The third-order valence-electron chi connectivity index (χ3n) is 7.18. The van der Waals surface area contributed by atoms with Gasteiger partial charge in [0, 0.05) is 19.5 Å². The topological polar surface area (TPSA) is 87.1 Å². The molecule has 3 rings (SSSR count). The summed E-state index contributed by atoms with van der Waals surface area (Å²) in [5.41, 5.74) is 5.88. The number of unbranched alkanes of at least 4 members (excludes halogenated alkanes) is 1. The Morgan fingerprint density at radius 3 is 2.21 bits per heavy atom. The van der Waals surface area contributed by atoms with Crippen molar-refractivity contribution in [1.29, 1.82) is 0 Å². The van der Waals surface area contributed by atoms with Crippen molar-refractivity contribution in [1.82, 2.24) is 4.90 Å². The number of nitrogens with zero attached hydrogens (tertiary/aromatic N) is 1. The highest BCUT2D eigenvalue weighted by molar-refractivity contribution is 5.87. The summed E-state index contributed by atoms with van der Waals surface area (Å²) in [6, 6.07) is 23.5. The first-order valence-corrected chi connectivity index (χ1v) is 14.9. The van der Waals surface area contributed by atoms with Crippen molar-refractivity contribution in [2.75, 3.05) is 13.1 Å². The molecular formula is C37H43NO5. The molecule has 3 aromatic rings. The number of aryl methyl sites for hydroxylation is 1. The van der Waals surface area contributed by atoms with Crippen LogP contribution in [-0.4, -0.2) is 40.1 Å². The number of hydrogen-bond donors (Lipinski definition) is 2. The maximum Gasteiger partial charge on any atom is 0.335 e. The molecule has 226 valence electrons. The molecule has 0 spiro atoms. The van der Waals surface area contributed by atoms with Crippen molar-refractivity contribution in [3.8, 4) is 5.75 Å². The number of ether oxygens (including phenoxy) is 1. The summed E-state index contributed by atoms with van der Waals surface area (Å²) in [5.74, 6) is -0.872. The van der Waals surface area contributed by atoms with Crippen LogP contribution in [0.5, 0.6) is 5.75 Å². The zero-order valence-electron chi connectivity index (χ0n) is 25.1. The Labute approximate surface area is 255 Å². The minimum Gasteiger partial charge on any atom is -0.489 e. The molecule has 2 N–H and O–H groups in total. The molecule has 0 bridgehead atoms. The van der Waals surface area contributed by atoms with E-state index >= 15 is 0 Å². The summed E-state index contributed by atoms with van der Waals surface area (Å²) in [7, 11) is 0. The molecule has 43 heavy (non-hydrogen) atoms. The predicted molar refractivity (Wildman–Crippen MR) is 173 cm³/mol. The Morgan fingerprint density at radius 1 is 0.814 bits per heavy atom. The summed E-state index contributed by atoms with van der Waals surface area (Å²) in [4.78, 5) is 24.5. The van der Waals surface area contributed by atoms with Gasteiger partial charge in [-0.25, -0.2) is 4.79 Å². The van der Waals surface area contributed by atoms with Gasteiger partial charge in [-0.1, -0.05) is 91.1 Å². The van der Waals surface area contributed by atoms with Crippen LogP contribution in [0.1, 0.15) is 65.2 Å². The van der Waals surface area contributed by atoms with E-state index in [2.05, 4.69) is 47.9 Å². The highest BCUT2D eigenvalue weighted by Gasteiger charge is 2.11. The summed E-state index contributed by atoms with van der Waals surface area (Å²) < 4.78 is 6.26. The largest absolute Gasteiger partial charge is 0.489 e. The zero-order valence-corrected chi connectivity index (χ0v) is 25.1. The molecule has 0 fully saturated rings. The second-order valence-corrected chi connectivity index (χ2v) is 10.6. The Morgan fingerprint density at radius 2 is 1.51 bits per heavy atom. The fraction of sp³-hybridized carbons (Fsp3) is 0.297. The van der Waals surface area contributed by atoms with Gasteiger partial charge in [0.15, 0.2) is 0 Å². The van der Waals surface area contributed by atoms with E-state index in [1.165, 1.54) is 5.56 Å². The number of carboxylic acid groups (broad SMARTS) is 2. The van der Waals surface area contributed by atoms with E-state index in [-0.39, 0.29) is 12.0 Å². The van der Waals surface area contributed by atoms with E-state index in [9.17, 15) is 14.7 Å². The van der Waals surface area contributed by atoms with Crippen molar-refractivity contribution in [2.45, 2.75) is 58.6 Å². The molecule has 0 amide bonds. The van der Waals surface area contributed by atoms with Crippen molar-refractivity contribution < 1.29 is 24.5 Å². The predicted octanol–water partition coefficient (Wildman–Crippen LogP) is 7.88. The normalized spacial score (nSPS) is 11.4. The SMILES string of the molecule is C=C(/C=C\C=C/C)CCc1ccc(COc2ccccc2CCN(CCCCC(=O)O)Cc2ccc(C(=O)O)cc2)cc1. The Balaban J connectivity index is 1.57. The molecule has 0 radical (unpaired) electrons. The smallest absolute Gasteiger partial charge is 0.335 e. The molecule has 0 saturated heterocycles. The third kappa shape index (κ3) is 12.5. The second-order valence-electron chi connectivity index (χ2n) is 10.6. The highest BCUT2D eigenvalue weighted by Crippen LogP contribution is 2.21. The van der Waals surface area contributed by atoms with Gasteiger partial charge in [-0.2, -0.15) is 0 Å². The number of aromatic carboxylic acids is 1.